The average molecular weight is 487 g/mol. The summed E-state index contributed by atoms with van der Waals surface area (Å²) in [5, 5.41) is 2.15. The second-order valence-corrected chi connectivity index (χ2v) is 11.7. The van der Waals surface area contributed by atoms with Gasteiger partial charge in [-0.05, 0) is 30.9 Å². The average Bonchev–Trinajstić information content (AvgIpc) is 3.32. The van der Waals surface area contributed by atoms with Gasteiger partial charge in [-0.15, -0.1) is 0 Å². The van der Waals surface area contributed by atoms with Crippen molar-refractivity contribution in [1.29, 1.82) is 0 Å². The number of H-pyrrole nitrogens is 1. The van der Waals surface area contributed by atoms with Crippen LogP contribution in [-0.2, 0) is 14.8 Å². The van der Waals surface area contributed by atoms with Crippen molar-refractivity contribution in [3.05, 3.63) is 30.7 Å². The van der Waals surface area contributed by atoms with Gasteiger partial charge in [0.25, 0.3) is 0 Å². The molecule has 3 aromatic heterocycles. The maximum Gasteiger partial charge on any atom is 0.227 e. The number of nitrogens with one attached hydrogen (secondary N) is 1. The lowest BCUT2D eigenvalue weighted by Gasteiger charge is -2.38. The number of piperidine rings is 1. The van der Waals surface area contributed by atoms with Crippen molar-refractivity contribution >= 4 is 37.6 Å². The number of pyridine rings is 2. The summed E-state index contributed by atoms with van der Waals surface area (Å²) in [5.41, 5.74) is 2.86. The Morgan fingerprint density at radius 3 is 2.76 bits per heavy atom. The molecule has 0 radical (unpaired) electrons. The molecule has 184 valence electrons. The maximum atomic E-state index is 13.2. The monoisotopic (exact) mass is 486 g/mol. The first kappa shape index (κ1) is 23.5. The fraction of sp³-hybridized carbons (Fsp3) is 0.583. The summed E-state index contributed by atoms with van der Waals surface area (Å²) in [6.45, 7) is 8.91. The number of anilines is 1. The standard InChI is InChI=1S/C24H34N6O3S/c1-18(2)16-33-19-4-3-9-30(15-19)34(31,32)17-28-10-12-29(13-11-28)22-6-8-25-21-14-27-24-20(23(21)22)5-7-26-24/h5-8,14,18-19,25H,3-4,9-13,15-17H2,1-2H3. The minimum Gasteiger partial charge on any atom is -0.377 e. The molecule has 5 rings (SSSR count). The number of hydrogen-bond acceptors (Lipinski definition) is 7. The second-order valence-electron chi connectivity index (χ2n) is 9.79. The molecule has 2 saturated heterocycles. The molecule has 1 unspecified atom stereocenters. The Balaban J connectivity index is 1.23. The van der Waals surface area contributed by atoms with Crippen LogP contribution in [0.3, 0.4) is 0 Å². The van der Waals surface area contributed by atoms with Crippen LogP contribution in [0.25, 0.3) is 21.9 Å². The molecule has 0 aromatic carbocycles. The zero-order valence-corrected chi connectivity index (χ0v) is 20.8. The molecule has 3 aromatic rings. The van der Waals surface area contributed by atoms with Gasteiger partial charge in [0.2, 0.25) is 10.0 Å². The Morgan fingerprint density at radius 2 is 1.97 bits per heavy atom. The van der Waals surface area contributed by atoms with E-state index >= 15 is 0 Å². The van der Waals surface area contributed by atoms with E-state index in [0.29, 0.717) is 38.7 Å². The molecule has 9 nitrogen and oxygen atoms in total. The smallest absolute Gasteiger partial charge is 0.227 e. The Morgan fingerprint density at radius 1 is 1.15 bits per heavy atom. The quantitative estimate of drug-likeness (QED) is 0.549. The van der Waals surface area contributed by atoms with Gasteiger partial charge in [-0.25, -0.2) is 18.4 Å². The molecule has 2 fully saturated rings. The van der Waals surface area contributed by atoms with E-state index in [2.05, 4.69) is 44.7 Å². The van der Waals surface area contributed by atoms with E-state index in [-0.39, 0.29) is 12.0 Å². The van der Waals surface area contributed by atoms with Crippen molar-refractivity contribution < 1.29 is 13.2 Å². The normalized spacial score (nSPS) is 21.1. The number of aromatic nitrogens is 3. The van der Waals surface area contributed by atoms with Gasteiger partial charge in [-0.2, -0.15) is 4.31 Å². The van der Waals surface area contributed by atoms with E-state index in [9.17, 15) is 8.42 Å². The van der Waals surface area contributed by atoms with E-state index < -0.39 is 10.0 Å². The molecule has 0 aliphatic carbocycles. The maximum absolute atomic E-state index is 13.2. The molecule has 2 aliphatic rings. The number of piperazine rings is 1. The number of ether oxygens (including phenoxy) is 1. The molecule has 34 heavy (non-hydrogen) atoms. The number of aromatic amines is 1. The van der Waals surface area contributed by atoms with Gasteiger partial charge >= 0.3 is 0 Å². The van der Waals surface area contributed by atoms with Crippen molar-refractivity contribution in [1.82, 2.24) is 24.2 Å². The van der Waals surface area contributed by atoms with Crippen LogP contribution in [0.4, 0.5) is 5.69 Å². The fourth-order valence-electron chi connectivity index (χ4n) is 4.95. The summed E-state index contributed by atoms with van der Waals surface area (Å²) in [6, 6.07) is 4.09. The molecule has 1 N–H and O–H groups in total. The van der Waals surface area contributed by atoms with Crippen molar-refractivity contribution in [3.8, 4) is 0 Å². The van der Waals surface area contributed by atoms with E-state index in [1.54, 1.807) is 10.5 Å². The lowest BCUT2D eigenvalue weighted by molar-refractivity contribution is 0.00531. The van der Waals surface area contributed by atoms with Crippen LogP contribution in [0.5, 0.6) is 0 Å². The SMILES string of the molecule is CC(C)COC1CCCN(S(=O)(=O)CN2CCN(c3cc[nH]c4cnc5nccc5c34)CC2)C1. The summed E-state index contributed by atoms with van der Waals surface area (Å²) in [7, 11) is -3.35. The number of nitrogens with zero attached hydrogens (tertiary/aromatic N) is 5. The van der Waals surface area contributed by atoms with Crippen LogP contribution in [0.2, 0.25) is 0 Å². The van der Waals surface area contributed by atoms with Crippen LogP contribution in [-0.4, -0.2) is 90.4 Å². The van der Waals surface area contributed by atoms with Crippen LogP contribution in [0, 0.1) is 5.92 Å². The highest BCUT2D eigenvalue weighted by atomic mass is 32.2. The first-order valence-corrected chi connectivity index (χ1v) is 13.8. The summed E-state index contributed by atoms with van der Waals surface area (Å²) >= 11 is 0. The molecule has 2 aliphatic heterocycles. The van der Waals surface area contributed by atoms with E-state index in [4.69, 9.17) is 4.74 Å². The summed E-state index contributed by atoms with van der Waals surface area (Å²) in [5.74, 6) is 0.521. The first-order chi connectivity index (χ1) is 16.4. The minimum absolute atomic E-state index is 0.00272. The third-order valence-electron chi connectivity index (χ3n) is 6.73. The Labute approximate surface area is 201 Å². The topological polar surface area (TPSA) is 94.7 Å². The minimum atomic E-state index is -3.35. The van der Waals surface area contributed by atoms with Gasteiger partial charge in [0, 0.05) is 74.7 Å². The zero-order valence-electron chi connectivity index (χ0n) is 20.0. The largest absolute Gasteiger partial charge is 0.377 e. The van der Waals surface area contributed by atoms with Gasteiger partial charge < -0.3 is 14.6 Å². The van der Waals surface area contributed by atoms with Gasteiger partial charge in [0.15, 0.2) is 5.65 Å². The van der Waals surface area contributed by atoms with Gasteiger partial charge in [0.05, 0.1) is 17.8 Å². The highest BCUT2D eigenvalue weighted by Gasteiger charge is 2.32. The van der Waals surface area contributed by atoms with Gasteiger partial charge in [-0.3, -0.25) is 4.90 Å². The molecule has 0 saturated carbocycles. The van der Waals surface area contributed by atoms with Crippen LogP contribution < -0.4 is 4.90 Å². The van der Waals surface area contributed by atoms with Gasteiger partial charge in [-0.1, -0.05) is 13.8 Å². The Bertz CT molecular complexity index is 1240. The summed E-state index contributed by atoms with van der Waals surface area (Å²) in [6.07, 6.45) is 7.34. The van der Waals surface area contributed by atoms with Crippen LogP contribution in [0.15, 0.2) is 30.7 Å². The number of sulfonamides is 1. The van der Waals surface area contributed by atoms with Crippen molar-refractivity contribution in [3.63, 3.8) is 0 Å². The van der Waals surface area contributed by atoms with E-state index in [0.717, 1.165) is 53.6 Å². The predicted molar refractivity (Wildman–Crippen MR) is 134 cm³/mol. The molecular formula is C24H34N6O3S. The van der Waals surface area contributed by atoms with Crippen molar-refractivity contribution in [2.45, 2.75) is 32.8 Å². The molecule has 5 heterocycles. The fourth-order valence-corrected chi connectivity index (χ4v) is 6.64. The Kier molecular flexibility index (Phi) is 6.74. The highest BCUT2D eigenvalue weighted by molar-refractivity contribution is 7.89. The number of hydrogen-bond donors (Lipinski definition) is 1. The molecule has 10 heteroatoms. The molecule has 0 amide bonds. The first-order valence-electron chi connectivity index (χ1n) is 12.2. The molecule has 0 bridgehead atoms. The highest BCUT2D eigenvalue weighted by Crippen LogP contribution is 2.31. The van der Waals surface area contributed by atoms with Crippen molar-refractivity contribution in [2.24, 2.45) is 5.92 Å². The van der Waals surface area contributed by atoms with Gasteiger partial charge in [0.1, 0.15) is 5.88 Å². The van der Waals surface area contributed by atoms with Crippen LogP contribution >= 0.6 is 0 Å². The van der Waals surface area contributed by atoms with Crippen LogP contribution in [0.1, 0.15) is 26.7 Å². The number of fused-ring (bicyclic) bond motifs is 3. The lowest BCUT2D eigenvalue weighted by atomic mass is 10.1. The van der Waals surface area contributed by atoms with E-state index in [1.165, 1.54) is 0 Å². The third-order valence-corrected chi connectivity index (χ3v) is 8.54. The number of rotatable bonds is 7. The van der Waals surface area contributed by atoms with E-state index in [1.807, 2.05) is 18.5 Å². The molecular weight excluding hydrogens is 452 g/mol. The molecule has 1 atom stereocenters. The third kappa shape index (κ3) is 4.91. The predicted octanol–water partition coefficient (Wildman–Crippen LogP) is 2.66. The molecule has 0 spiro atoms. The Hall–Kier alpha value is -2.27. The zero-order chi connectivity index (χ0) is 23.7. The van der Waals surface area contributed by atoms with Crippen molar-refractivity contribution in [2.75, 3.05) is 56.7 Å². The lowest BCUT2D eigenvalue weighted by Crippen LogP contribution is -2.51. The second kappa shape index (κ2) is 9.77. The summed E-state index contributed by atoms with van der Waals surface area (Å²) < 4.78 is 33.9. The summed E-state index contributed by atoms with van der Waals surface area (Å²) in [4.78, 5) is 16.5.